The average molecular weight is 367 g/mol. The maximum Gasteiger partial charge on any atom is 0.248 e. The first-order valence-corrected chi connectivity index (χ1v) is 9.57. The Morgan fingerprint density at radius 2 is 1.64 bits per heavy atom. The Balaban J connectivity index is 1.52. The highest BCUT2D eigenvalue weighted by Crippen LogP contribution is 2.49. The summed E-state index contributed by atoms with van der Waals surface area (Å²) in [4.78, 5) is 11.4. The van der Waals surface area contributed by atoms with E-state index in [1.165, 1.54) is 11.1 Å². The molecule has 0 spiro atoms. The van der Waals surface area contributed by atoms with Crippen molar-refractivity contribution in [3.8, 4) is 16.9 Å². The monoisotopic (exact) mass is 367 g/mol. The van der Waals surface area contributed by atoms with E-state index in [2.05, 4.69) is 31.2 Å². The van der Waals surface area contributed by atoms with Crippen molar-refractivity contribution < 1.29 is 9.90 Å². The van der Waals surface area contributed by atoms with E-state index in [0.717, 1.165) is 33.9 Å². The van der Waals surface area contributed by atoms with Gasteiger partial charge in [0.25, 0.3) is 0 Å². The van der Waals surface area contributed by atoms with Crippen molar-refractivity contribution in [1.82, 2.24) is 0 Å². The fourth-order valence-electron chi connectivity index (χ4n) is 4.52. The summed E-state index contributed by atoms with van der Waals surface area (Å²) in [6.45, 7) is 2.15. The Bertz CT molecular complexity index is 1200. The SMILES string of the molecule is CC1=CC2CC(c3cc(-c4ccc5cc(C(N)=O)ccc5c4)ccc3O)C=C12. The van der Waals surface area contributed by atoms with E-state index in [0.29, 0.717) is 17.2 Å². The molecule has 2 aliphatic rings. The van der Waals surface area contributed by atoms with Crippen molar-refractivity contribution in [3.63, 3.8) is 0 Å². The zero-order valence-corrected chi connectivity index (χ0v) is 15.6. The minimum atomic E-state index is -0.418. The fraction of sp³-hybridized carbons (Fsp3) is 0.160. The fourth-order valence-corrected chi connectivity index (χ4v) is 4.52. The number of nitrogens with two attached hydrogens (primary N) is 1. The van der Waals surface area contributed by atoms with Gasteiger partial charge in [-0.25, -0.2) is 0 Å². The van der Waals surface area contributed by atoms with E-state index in [-0.39, 0.29) is 5.92 Å². The Kier molecular flexibility index (Phi) is 3.66. The first-order chi connectivity index (χ1) is 13.5. The molecule has 0 bridgehead atoms. The van der Waals surface area contributed by atoms with Gasteiger partial charge in [0.15, 0.2) is 0 Å². The molecule has 0 fully saturated rings. The summed E-state index contributed by atoms with van der Waals surface area (Å²) in [5, 5.41) is 12.5. The van der Waals surface area contributed by atoms with Crippen LogP contribution in [0.15, 0.2) is 77.9 Å². The minimum Gasteiger partial charge on any atom is -0.508 e. The smallest absolute Gasteiger partial charge is 0.248 e. The third-order valence-corrected chi connectivity index (χ3v) is 6.08. The van der Waals surface area contributed by atoms with Crippen LogP contribution in [0.3, 0.4) is 0 Å². The average Bonchev–Trinajstić information content (AvgIpc) is 3.04. The first-order valence-electron chi connectivity index (χ1n) is 9.57. The van der Waals surface area contributed by atoms with Gasteiger partial charge in [-0.05, 0) is 71.1 Å². The van der Waals surface area contributed by atoms with E-state index in [4.69, 9.17) is 5.73 Å². The molecule has 0 saturated heterocycles. The Hall–Kier alpha value is -3.33. The lowest BCUT2D eigenvalue weighted by molar-refractivity contribution is 0.100. The Morgan fingerprint density at radius 3 is 2.39 bits per heavy atom. The molecule has 28 heavy (non-hydrogen) atoms. The van der Waals surface area contributed by atoms with Gasteiger partial charge in [-0.15, -0.1) is 0 Å². The molecule has 3 aromatic rings. The van der Waals surface area contributed by atoms with Gasteiger partial charge >= 0.3 is 0 Å². The third kappa shape index (κ3) is 2.63. The normalized spacial score (nSPS) is 20.3. The van der Waals surface area contributed by atoms with E-state index in [1.54, 1.807) is 12.1 Å². The number of carbonyl (C=O) groups is 1. The summed E-state index contributed by atoms with van der Waals surface area (Å²) < 4.78 is 0. The summed E-state index contributed by atoms with van der Waals surface area (Å²) in [7, 11) is 0. The van der Waals surface area contributed by atoms with Crippen molar-refractivity contribution in [2.24, 2.45) is 11.7 Å². The molecular formula is C25H21NO2. The van der Waals surface area contributed by atoms with Crippen LogP contribution >= 0.6 is 0 Å². The van der Waals surface area contributed by atoms with Crippen LogP contribution in [-0.2, 0) is 0 Å². The second-order valence-electron chi connectivity index (χ2n) is 7.83. The number of allylic oxidation sites excluding steroid dienone is 4. The van der Waals surface area contributed by atoms with Gasteiger partial charge in [0, 0.05) is 23.0 Å². The molecule has 3 nitrogen and oxygen atoms in total. The number of hydrogen-bond acceptors (Lipinski definition) is 2. The molecule has 2 unspecified atom stereocenters. The third-order valence-electron chi connectivity index (χ3n) is 6.08. The predicted molar refractivity (Wildman–Crippen MR) is 112 cm³/mol. The highest BCUT2D eigenvalue weighted by molar-refractivity contribution is 5.98. The van der Waals surface area contributed by atoms with Gasteiger partial charge in [0.05, 0.1) is 0 Å². The summed E-state index contributed by atoms with van der Waals surface area (Å²) >= 11 is 0. The standard InChI is InChI=1S/C25H21NO2/c1-14-8-20-11-21(13-22(14)20)23-12-18(6-7-24(23)27)16-2-3-17-10-19(25(26)28)5-4-15(17)9-16/h2-10,12-13,20-21,27H,11H2,1H3,(H2,26,28). The molecule has 138 valence electrons. The van der Waals surface area contributed by atoms with Gasteiger partial charge in [0.1, 0.15) is 5.75 Å². The van der Waals surface area contributed by atoms with Crippen LogP contribution in [-0.4, -0.2) is 11.0 Å². The topological polar surface area (TPSA) is 63.3 Å². The number of rotatable bonds is 3. The quantitative estimate of drug-likeness (QED) is 0.660. The van der Waals surface area contributed by atoms with Crippen LogP contribution in [0.2, 0.25) is 0 Å². The van der Waals surface area contributed by atoms with Crippen molar-refractivity contribution in [2.75, 3.05) is 0 Å². The summed E-state index contributed by atoms with van der Waals surface area (Å²) in [6.07, 6.45) is 5.66. The van der Waals surface area contributed by atoms with E-state index < -0.39 is 5.91 Å². The second-order valence-corrected chi connectivity index (χ2v) is 7.83. The minimum absolute atomic E-state index is 0.257. The van der Waals surface area contributed by atoms with Crippen LogP contribution in [0.25, 0.3) is 21.9 Å². The Morgan fingerprint density at radius 1 is 0.929 bits per heavy atom. The second kappa shape index (κ2) is 6.10. The van der Waals surface area contributed by atoms with Crippen LogP contribution in [0, 0.1) is 5.92 Å². The molecule has 3 heteroatoms. The molecule has 5 rings (SSSR count). The molecule has 0 saturated carbocycles. The number of fused-ring (bicyclic) bond motifs is 2. The van der Waals surface area contributed by atoms with E-state index in [1.807, 2.05) is 30.3 Å². The lowest BCUT2D eigenvalue weighted by atomic mass is 9.83. The first kappa shape index (κ1) is 16.8. The lowest BCUT2D eigenvalue weighted by Crippen LogP contribution is -2.10. The zero-order valence-electron chi connectivity index (χ0n) is 15.6. The summed E-state index contributed by atoms with van der Waals surface area (Å²) in [5.41, 5.74) is 11.9. The van der Waals surface area contributed by atoms with Gasteiger partial charge in [-0.3, -0.25) is 4.79 Å². The van der Waals surface area contributed by atoms with Crippen LogP contribution in [0.1, 0.15) is 35.2 Å². The molecule has 0 heterocycles. The number of benzene rings is 3. The zero-order chi connectivity index (χ0) is 19.4. The molecule has 0 radical (unpaired) electrons. The van der Waals surface area contributed by atoms with Crippen molar-refractivity contribution in [2.45, 2.75) is 19.3 Å². The van der Waals surface area contributed by atoms with Crippen LogP contribution in [0.5, 0.6) is 5.75 Å². The van der Waals surface area contributed by atoms with Crippen molar-refractivity contribution >= 4 is 16.7 Å². The van der Waals surface area contributed by atoms with Crippen molar-refractivity contribution in [1.29, 1.82) is 0 Å². The maximum absolute atomic E-state index is 11.4. The lowest BCUT2D eigenvalue weighted by Gasteiger charge is -2.22. The summed E-state index contributed by atoms with van der Waals surface area (Å²) in [6, 6.07) is 17.5. The van der Waals surface area contributed by atoms with Gasteiger partial charge < -0.3 is 10.8 Å². The predicted octanol–water partition coefficient (Wildman–Crippen LogP) is 5.30. The largest absolute Gasteiger partial charge is 0.508 e. The molecule has 3 aromatic carbocycles. The molecule has 2 aliphatic carbocycles. The molecule has 3 N–H and O–H groups in total. The molecule has 2 atom stereocenters. The number of primary amides is 1. The maximum atomic E-state index is 11.4. The van der Waals surface area contributed by atoms with E-state index >= 15 is 0 Å². The van der Waals surface area contributed by atoms with Gasteiger partial charge in [-0.2, -0.15) is 0 Å². The molecule has 0 aliphatic heterocycles. The van der Waals surface area contributed by atoms with Gasteiger partial charge in [-0.1, -0.05) is 42.0 Å². The number of hydrogen-bond donors (Lipinski definition) is 2. The van der Waals surface area contributed by atoms with E-state index in [9.17, 15) is 9.90 Å². The van der Waals surface area contributed by atoms with Crippen LogP contribution < -0.4 is 5.73 Å². The van der Waals surface area contributed by atoms with Crippen LogP contribution in [0.4, 0.5) is 0 Å². The number of phenolic OH excluding ortho intramolecular Hbond substituents is 1. The van der Waals surface area contributed by atoms with Gasteiger partial charge in [0.2, 0.25) is 5.91 Å². The highest BCUT2D eigenvalue weighted by atomic mass is 16.3. The molecular weight excluding hydrogens is 346 g/mol. The number of aromatic hydroxyl groups is 1. The molecule has 0 aromatic heterocycles. The van der Waals surface area contributed by atoms with Crippen molar-refractivity contribution in [3.05, 3.63) is 89.0 Å². The summed E-state index contributed by atoms with van der Waals surface area (Å²) in [5.74, 6) is 0.746. The highest BCUT2D eigenvalue weighted by Gasteiger charge is 2.33. The number of amides is 1. The molecule has 1 amide bonds. The number of phenols is 1. The number of carbonyl (C=O) groups excluding carboxylic acids is 1. The Labute approximate surface area is 163 Å².